The molecule has 2 aliphatic carbocycles. The summed E-state index contributed by atoms with van der Waals surface area (Å²) in [5.41, 5.74) is 8.60. The van der Waals surface area contributed by atoms with E-state index in [0.29, 0.717) is 11.1 Å². The van der Waals surface area contributed by atoms with Gasteiger partial charge in [0.2, 0.25) is 0 Å². The molecule has 0 aromatic heterocycles. The zero-order valence-electron chi connectivity index (χ0n) is 15.8. The van der Waals surface area contributed by atoms with Crippen molar-refractivity contribution in [3.8, 4) is 0 Å². The molecule has 2 aliphatic rings. The number of hydrogen-bond donors (Lipinski definition) is 0. The molecule has 3 aromatic rings. The molecule has 2 atom stereocenters. The average Bonchev–Trinajstić information content (AvgIpc) is 3.32. The maximum absolute atomic E-state index is 2.49. The zero-order chi connectivity index (χ0) is 17.3. The normalized spacial score (nSPS) is 20.0. The molecule has 0 saturated heterocycles. The van der Waals surface area contributed by atoms with Crippen LogP contribution in [0.1, 0.15) is 38.9 Å². The van der Waals surface area contributed by atoms with Crippen molar-refractivity contribution in [1.82, 2.24) is 0 Å². The smallest absolute Gasteiger partial charge is 0.0664 e. The fraction of sp³-hybridized carbons (Fsp3) is 0.120. The van der Waals surface area contributed by atoms with E-state index in [9.17, 15) is 0 Å². The summed E-state index contributed by atoms with van der Waals surface area (Å²) in [7, 11) is -1.21. The van der Waals surface area contributed by atoms with Crippen LogP contribution >= 0.6 is 0 Å². The number of allylic oxidation sites excluding steroid dienone is 2. The monoisotopic (exact) mass is 357 g/mol. The van der Waals surface area contributed by atoms with Crippen molar-refractivity contribution in [1.29, 1.82) is 0 Å². The summed E-state index contributed by atoms with van der Waals surface area (Å²) >= 11 is 0. The second kappa shape index (κ2) is 7.91. The number of fused-ring (bicyclic) bond motifs is 2. The Bertz CT molecular complexity index is 928. The van der Waals surface area contributed by atoms with E-state index in [1.807, 2.05) is 0 Å². The first-order valence-electron chi connectivity index (χ1n) is 9.48. The maximum atomic E-state index is 2.49. The molecule has 0 saturated carbocycles. The third kappa shape index (κ3) is 3.44. The molecule has 2 heteroatoms. The molecule has 0 heterocycles. The van der Waals surface area contributed by atoms with E-state index in [1.165, 1.54) is 33.9 Å². The van der Waals surface area contributed by atoms with E-state index in [0.717, 1.165) is 0 Å². The Balaban J connectivity index is 0.00000180. The van der Waals surface area contributed by atoms with Gasteiger partial charge in [-0.3, -0.25) is 0 Å². The van der Waals surface area contributed by atoms with E-state index in [4.69, 9.17) is 0 Å². The number of hydrogen-bond acceptors (Lipinski definition) is 0. The van der Waals surface area contributed by atoms with Gasteiger partial charge in [0.15, 0.2) is 0 Å². The van der Waals surface area contributed by atoms with Gasteiger partial charge in [0.25, 0.3) is 0 Å². The van der Waals surface area contributed by atoms with E-state index in [-0.39, 0.29) is 18.9 Å². The predicted octanol–water partition coefficient (Wildman–Crippen LogP) is 5.31. The summed E-state index contributed by atoms with van der Waals surface area (Å²) in [5.74, 6) is 0. The van der Waals surface area contributed by atoms with E-state index in [2.05, 4.69) is 103 Å². The largest absolute Gasteiger partial charge is 0.0794 e. The van der Waals surface area contributed by atoms with Crippen LogP contribution in [0.25, 0.3) is 12.2 Å². The minimum Gasteiger partial charge on any atom is -0.0794 e. The van der Waals surface area contributed by atoms with Crippen LogP contribution in [-0.4, -0.2) is 27.7 Å². The van der Waals surface area contributed by atoms with Gasteiger partial charge in [0.05, 0.1) is 8.80 Å². The third-order valence-electron chi connectivity index (χ3n) is 5.91. The van der Waals surface area contributed by atoms with Crippen molar-refractivity contribution in [2.75, 3.05) is 0 Å². The van der Waals surface area contributed by atoms with Crippen molar-refractivity contribution >= 4 is 39.8 Å². The Hall–Kier alpha value is -2.05. The van der Waals surface area contributed by atoms with Gasteiger partial charge >= 0.3 is 0 Å². The molecule has 0 nitrogen and oxygen atoms in total. The molecule has 1 radical (unpaired) electrons. The predicted molar refractivity (Wildman–Crippen MR) is 119 cm³/mol. The summed E-state index contributed by atoms with van der Waals surface area (Å²) in [6.07, 6.45) is 9.66. The van der Waals surface area contributed by atoms with Crippen LogP contribution in [0.15, 0.2) is 91.0 Å². The van der Waals surface area contributed by atoms with E-state index in [1.54, 1.807) is 0 Å². The van der Waals surface area contributed by atoms with Gasteiger partial charge in [-0.1, -0.05) is 109 Å². The molecular formula is C25H22LiSi. The molecule has 127 valence electrons. The van der Waals surface area contributed by atoms with Crippen molar-refractivity contribution < 1.29 is 0 Å². The molecule has 3 aromatic carbocycles. The summed E-state index contributed by atoms with van der Waals surface area (Å²) in [5, 5.41) is 0. The van der Waals surface area contributed by atoms with Crippen molar-refractivity contribution in [3.05, 3.63) is 119 Å². The maximum Gasteiger partial charge on any atom is 0.0664 e. The topological polar surface area (TPSA) is 0 Å². The molecule has 0 bridgehead atoms. The Morgan fingerprint density at radius 3 is 1.63 bits per heavy atom. The minimum absolute atomic E-state index is 0. The second-order valence-corrected chi connectivity index (χ2v) is 10.6. The van der Waals surface area contributed by atoms with Gasteiger partial charge < -0.3 is 0 Å². The first-order chi connectivity index (χ1) is 12.9. The molecule has 0 spiro atoms. The molecule has 0 aliphatic heterocycles. The zero-order valence-corrected chi connectivity index (χ0v) is 16.9. The fourth-order valence-electron chi connectivity index (χ4n) is 4.66. The fourth-order valence-corrected chi connectivity index (χ4v) is 8.76. The second-order valence-electron chi connectivity index (χ2n) is 7.38. The van der Waals surface area contributed by atoms with Crippen LogP contribution < -0.4 is 0 Å². The standard InChI is InChI=1S/C25H22Si.Li/c1-2-8-19(9-3-1)18-26(24-16-14-20-10-4-6-12-22(20)24)25-17-15-21-11-5-7-13-23(21)25;/h1-17,24-26H,18H2;. The molecule has 5 rings (SSSR count). The first kappa shape index (κ1) is 18.3. The molecule has 0 fully saturated rings. The van der Waals surface area contributed by atoms with Crippen LogP contribution in [0.3, 0.4) is 0 Å². The molecule has 0 amide bonds. The van der Waals surface area contributed by atoms with E-state index >= 15 is 0 Å². The Morgan fingerprint density at radius 1 is 0.593 bits per heavy atom. The first-order valence-corrected chi connectivity index (χ1v) is 11.6. The quantitative estimate of drug-likeness (QED) is 0.555. The molecule has 2 unspecified atom stereocenters. The molecule has 27 heavy (non-hydrogen) atoms. The van der Waals surface area contributed by atoms with Crippen LogP contribution in [0, 0.1) is 0 Å². The van der Waals surface area contributed by atoms with Gasteiger partial charge in [-0.05, 0) is 39.4 Å². The van der Waals surface area contributed by atoms with Gasteiger partial charge in [-0.25, -0.2) is 0 Å². The van der Waals surface area contributed by atoms with Gasteiger partial charge in [0.1, 0.15) is 0 Å². The Morgan fingerprint density at radius 2 is 1.07 bits per heavy atom. The van der Waals surface area contributed by atoms with Crippen molar-refractivity contribution in [2.24, 2.45) is 0 Å². The van der Waals surface area contributed by atoms with Crippen LogP contribution in [0.5, 0.6) is 0 Å². The minimum atomic E-state index is -1.21. The summed E-state index contributed by atoms with van der Waals surface area (Å²) in [6.45, 7) is 0. The average molecular weight is 357 g/mol. The van der Waals surface area contributed by atoms with Crippen LogP contribution in [-0.2, 0) is 6.04 Å². The number of benzene rings is 3. The van der Waals surface area contributed by atoms with Gasteiger partial charge in [-0.15, -0.1) is 0 Å². The van der Waals surface area contributed by atoms with Crippen LogP contribution in [0.2, 0.25) is 0 Å². The van der Waals surface area contributed by atoms with Crippen molar-refractivity contribution in [3.63, 3.8) is 0 Å². The van der Waals surface area contributed by atoms with Gasteiger partial charge in [0, 0.05) is 18.9 Å². The van der Waals surface area contributed by atoms with Crippen molar-refractivity contribution in [2.45, 2.75) is 17.1 Å². The van der Waals surface area contributed by atoms with E-state index < -0.39 is 8.80 Å². The summed E-state index contributed by atoms with van der Waals surface area (Å²) in [4.78, 5) is 0. The molecule has 0 N–H and O–H groups in total. The summed E-state index contributed by atoms with van der Waals surface area (Å²) in [6, 6.07) is 30.2. The summed E-state index contributed by atoms with van der Waals surface area (Å²) < 4.78 is 0. The van der Waals surface area contributed by atoms with Gasteiger partial charge in [-0.2, -0.15) is 0 Å². The van der Waals surface area contributed by atoms with Crippen LogP contribution in [0.4, 0.5) is 0 Å². The SMILES string of the molecule is C1=CC([SiH](Cc2ccccc2)C2C=Cc3ccccc32)c2ccccc21.[Li]. The molecular weight excluding hydrogens is 335 g/mol. The number of rotatable bonds is 4. The Labute approximate surface area is 175 Å². The Kier molecular flexibility index (Phi) is 5.37. The third-order valence-corrected chi connectivity index (χ3v) is 9.86.